The molecule has 186 valence electrons. The standard InChI is InChI=1S/C22H47N3O6/c1-5-7-8-9-13-25(15-18(27)20(29)21(30)19(28)16-26)14-10-12-23-17(11-6-2)22(31)24(3)4/h17-21,23,26-30H,5-16H2,1-4H3/t17-,18-,19+,20+,21+/m0/s1. The van der Waals surface area contributed by atoms with E-state index in [1.165, 1.54) is 0 Å². The fourth-order valence-corrected chi connectivity index (χ4v) is 3.48. The third-order valence-corrected chi connectivity index (χ3v) is 5.46. The summed E-state index contributed by atoms with van der Waals surface area (Å²) in [6, 6.07) is -0.208. The van der Waals surface area contributed by atoms with Gasteiger partial charge < -0.3 is 40.6 Å². The van der Waals surface area contributed by atoms with Crippen LogP contribution in [0.3, 0.4) is 0 Å². The summed E-state index contributed by atoms with van der Waals surface area (Å²) >= 11 is 0. The van der Waals surface area contributed by atoms with Crippen LogP contribution in [0.1, 0.15) is 58.8 Å². The summed E-state index contributed by atoms with van der Waals surface area (Å²) in [7, 11) is 3.50. The molecule has 0 saturated heterocycles. The molecule has 0 unspecified atom stereocenters. The Hall–Kier alpha value is -0.810. The normalized spacial score (nSPS) is 16.7. The van der Waals surface area contributed by atoms with Gasteiger partial charge in [0.25, 0.3) is 0 Å². The van der Waals surface area contributed by atoms with Crippen molar-refractivity contribution in [3.63, 3.8) is 0 Å². The van der Waals surface area contributed by atoms with Crippen LogP contribution in [0.25, 0.3) is 0 Å². The van der Waals surface area contributed by atoms with Gasteiger partial charge in [-0.25, -0.2) is 0 Å². The third kappa shape index (κ3) is 12.7. The largest absolute Gasteiger partial charge is 0.394 e. The molecule has 0 bridgehead atoms. The number of likely N-dealkylation sites (N-methyl/N-ethyl adjacent to an activating group) is 1. The third-order valence-electron chi connectivity index (χ3n) is 5.46. The fourth-order valence-electron chi connectivity index (χ4n) is 3.48. The number of aliphatic hydroxyl groups excluding tert-OH is 5. The van der Waals surface area contributed by atoms with Gasteiger partial charge in [0.05, 0.1) is 18.8 Å². The molecule has 31 heavy (non-hydrogen) atoms. The van der Waals surface area contributed by atoms with E-state index in [9.17, 15) is 25.2 Å². The molecule has 0 fully saturated rings. The maximum Gasteiger partial charge on any atom is 0.239 e. The van der Waals surface area contributed by atoms with Crippen LogP contribution in [-0.2, 0) is 4.79 Å². The minimum atomic E-state index is -1.62. The predicted molar refractivity (Wildman–Crippen MR) is 122 cm³/mol. The molecule has 0 aromatic rings. The first kappa shape index (κ1) is 30.2. The Bertz CT molecular complexity index is 455. The van der Waals surface area contributed by atoms with Gasteiger partial charge >= 0.3 is 0 Å². The smallest absolute Gasteiger partial charge is 0.239 e. The summed E-state index contributed by atoms with van der Waals surface area (Å²) in [5, 5.41) is 52.1. The first-order chi connectivity index (χ1) is 14.7. The van der Waals surface area contributed by atoms with E-state index < -0.39 is 31.0 Å². The molecule has 0 aromatic heterocycles. The summed E-state index contributed by atoms with van der Waals surface area (Å²) < 4.78 is 0. The molecule has 9 nitrogen and oxygen atoms in total. The van der Waals surface area contributed by atoms with E-state index in [0.29, 0.717) is 13.1 Å². The Morgan fingerprint density at radius 1 is 0.871 bits per heavy atom. The van der Waals surface area contributed by atoms with Gasteiger partial charge in [-0.15, -0.1) is 0 Å². The molecule has 0 aliphatic heterocycles. The summed E-state index contributed by atoms with van der Waals surface area (Å²) in [5.74, 6) is 0.0632. The average molecular weight is 450 g/mol. The average Bonchev–Trinajstić information content (AvgIpc) is 2.75. The lowest BCUT2D eigenvalue weighted by Crippen LogP contribution is -2.50. The molecule has 9 heteroatoms. The van der Waals surface area contributed by atoms with E-state index in [2.05, 4.69) is 12.2 Å². The molecule has 1 amide bonds. The first-order valence-electron chi connectivity index (χ1n) is 11.7. The fraction of sp³-hybridized carbons (Fsp3) is 0.955. The number of carbonyl (C=O) groups excluding carboxylic acids is 1. The molecule has 0 saturated carbocycles. The van der Waals surface area contributed by atoms with Crippen molar-refractivity contribution in [3.05, 3.63) is 0 Å². The molecule has 0 aromatic carbocycles. The molecule has 5 atom stereocenters. The molecule has 6 N–H and O–H groups in total. The van der Waals surface area contributed by atoms with Crippen molar-refractivity contribution >= 4 is 5.91 Å². The van der Waals surface area contributed by atoms with Crippen molar-refractivity contribution in [2.75, 3.05) is 46.9 Å². The summed E-state index contributed by atoms with van der Waals surface area (Å²) in [4.78, 5) is 15.9. The van der Waals surface area contributed by atoms with Gasteiger partial charge in [-0.05, 0) is 38.9 Å². The zero-order valence-electron chi connectivity index (χ0n) is 19.9. The highest BCUT2D eigenvalue weighted by atomic mass is 16.4. The first-order valence-corrected chi connectivity index (χ1v) is 11.7. The second-order valence-corrected chi connectivity index (χ2v) is 8.54. The number of amides is 1. The van der Waals surface area contributed by atoms with Gasteiger partial charge in [-0.1, -0.05) is 39.5 Å². The Labute approximate surface area is 188 Å². The van der Waals surface area contributed by atoms with Gasteiger partial charge in [0, 0.05) is 20.6 Å². The maximum atomic E-state index is 12.3. The number of aliphatic hydroxyl groups is 5. The van der Waals surface area contributed by atoms with E-state index in [4.69, 9.17) is 5.11 Å². The van der Waals surface area contributed by atoms with E-state index in [-0.39, 0.29) is 18.5 Å². The topological polar surface area (TPSA) is 137 Å². The summed E-state index contributed by atoms with van der Waals surface area (Å²) in [5.41, 5.74) is 0. The van der Waals surface area contributed by atoms with Crippen LogP contribution in [-0.4, -0.2) is 119 Å². The minimum absolute atomic E-state index is 0.0632. The molecule has 0 spiro atoms. The van der Waals surface area contributed by atoms with E-state index in [1.807, 2.05) is 11.8 Å². The van der Waals surface area contributed by atoms with Gasteiger partial charge in [0.1, 0.15) is 18.3 Å². The minimum Gasteiger partial charge on any atom is -0.394 e. The predicted octanol–water partition coefficient (Wildman–Crippen LogP) is -0.459. The van der Waals surface area contributed by atoms with Crippen LogP contribution in [0.2, 0.25) is 0 Å². The van der Waals surface area contributed by atoms with E-state index in [0.717, 1.165) is 51.5 Å². The zero-order chi connectivity index (χ0) is 23.8. The zero-order valence-corrected chi connectivity index (χ0v) is 19.9. The molecule has 0 heterocycles. The van der Waals surface area contributed by atoms with Crippen LogP contribution < -0.4 is 5.32 Å². The summed E-state index contributed by atoms with van der Waals surface area (Å²) in [6.07, 6.45) is 0.813. The SMILES string of the molecule is CCCCCCN(CCCN[C@@H](CCC)C(=O)N(C)C)C[C@H](O)[C@@H](O)[C@H](O)[C@H](O)CO. The van der Waals surface area contributed by atoms with Crippen LogP contribution in [0, 0.1) is 0 Å². The number of rotatable bonds is 19. The number of unbranched alkanes of at least 4 members (excludes halogenated alkanes) is 3. The lowest BCUT2D eigenvalue weighted by Gasteiger charge is -2.30. The van der Waals surface area contributed by atoms with Crippen molar-refractivity contribution in [1.29, 1.82) is 0 Å². The van der Waals surface area contributed by atoms with Gasteiger partial charge in [-0.3, -0.25) is 4.79 Å². The van der Waals surface area contributed by atoms with Gasteiger partial charge in [0.2, 0.25) is 5.91 Å². The van der Waals surface area contributed by atoms with Gasteiger partial charge in [0.15, 0.2) is 0 Å². The van der Waals surface area contributed by atoms with Crippen LogP contribution in [0.15, 0.2) is 0 Å². The molecule has 0 radical (unpaired) electrons. The Balaban J connectivity index is 4.73. The monoisotopic (exact) mass is 449 g/mol. The lowest BCUT2D eigenvalue weighted by molar-refractivity contribution is -0.131. The van der Waals surface area contributed by atoms with E-state index in [1.54, 1.807) is 19.0 Å². The number of carbonyl (C=O) groups is 1. The van der Waals surface area contributed by atoms with E-state index >= 15 is 0 Å². The van der Waals surface area contributed by atoms with Crippen LogP contribution in [0.5, 0.6) is 0 Å². The number of hydrogen-bond donors (Lipinski definition) is 6. The van der Waals surface area contributed by atoms with Crippen LogP contribution >= 0.6 is 0 Å². The van der Waals surface area contributed by atoms with Crippen molar-refractivity contribution in [2.45, 2.75) is 89.3 Å². The Morgan fingerprint density at radius 2 is 1.48 bits per heavy atom. The Morgan fingerprint density at radius 3 is 2.03 bits per heavy atom. The van der Waals surface area contributed by atoms with Gasteiger partial charge in [-0.2, -0.15) is 0 Å². The van der Waals surface area contributed by atoms with Crippen molar-refractivity contribution in [2.24, 2.45) is 0 Å². The van der Waals surface area contributed by atoms with Crippen molar-refractivity contribution in [3.8, 4) is 0 Å². The summed E-state index contributed by atoms with van der Waals surface area (Å²) in [6.45, 7) is 5.71. The molecule has 0 rings (SSSR count). The molecule has 0 aliphatic carbocycles. The highest BCUT2D eigenvalue weighted by Gasteiger charge is 2.31. The van der Waals surface area contributed by atoms with Crippen molar-refractivity contribution in [1.82, 2.24) is 15.1 Å². The van der Waals surface area contributed by atoms with Crippen molar-refractivity contribution < 1.29 is 30.3 Å². The van der Waals surface area contributed by atoms with Crippen LogP contribution in [0.4, 0.5) is 0 Å². The molecule has 0 aliphatic rings. The molecular formula is C22H47N3O6. The highest BCUT2D eigenvalue weighted by molar-refractivity contribution is 5.81. The number of nitrogens with zero attached hydrogens (tertiary/aromatic N) is 2. The highest BCUT2D eigenvalue weighted by Crippen LogP contribution is 2.09. The number of hydrogen-bond acceptors (Lipinski definition) is 8. The number of nitrogens with one attached hydrogen (secondary N) is 1. The Kier molecular flexibility index (Phi) is 17.2. The quantitative estimate of drug-likeness (QED) is 0.146. The lowest BCUT2D eigenvalue weighted by atomic mass is 10.0. The second-order valence-electron chi connectivity index (χ2n) is 8.54. The second kappa shape index (κ2) is 17.7. The molecular weight excluding hydrogens is 402 g/mol. The maximum absolute atomic E-state index is 12.3.